The zero-order valence-electron chi connectivity index (χ0n) is 10.7. The van der Waals surface area contributed by atoms with E-state index < -0.39 is 0 Å². The second-order valence-corrected chi connectivity index (χ2v) is 4.63. The van der Waals surface area contributed by atoms with Crippen LogP contribution in [0, 0.1) is 0 Å². The fourth-order valence-corrected chi connectivity index (χ4v) is 2.35. The quantitative estimate of drug-likeness (QED) is 0.781. The Labute approximate surface area is 111 Å². The molecule has 0 amide bonds. The highest BCUT2D eigenvalue weighted by Gasteiger charge is 2.27. The maximum Gasteiger partial charge on any atom is 0.177 e. The molecule has 1 aromatic heterocycles. The molecule has 1 heterocycles. The second kappa shape index (κ2) is 7.10. The smallest absolute Gasteiger partial charge is 0.177 e. The summed E-state index contributed by atoms with van der Waals surface area (Å²) in [4.78, 5) is 0. The van der Waals surface area contributed by atoms with Crippen LogP contribution in [-0.2, 0) is 16.5 Å². The minimum atomic E-state index is -0.340. The molecule has 0 aliphatic rings. The molecule has 1 atom stereocenters. The van der Waals surface area contributed by atoms with Gasteiger partial charge in [-0.15, -0.1) is 0 Å². The Morgan fingerprint density at radius 1 is 1.47 bits per heavy atom. The van der Waals surface area contributed by atoms with Crippen LogP contribution in [0.1, 0.15) is 25.1 Å². The largest absolute Gasteiger partial charge is 0.354 e. The molecule has 5 nitrogen and oxygen atoms in total. The molecule has 1 rings (SSSR count). The maximum atomic E-state index is 5.35. The van der Waals surface area contributed by atoms with Crippen LogP contribution < -0.4 is 5.32 Å². The van der Waals surface area contributed by atoms with Gasteiger partial charge in [0.15, 0.2) is 6.29 Å². The fraction of sp³-hybridized carbons (Fsp3) is 0.727. The molecule has 0 aliphatic heterocycles. The number of nitrogens with one attached hydrogen (secondary N) is 1. The zero-order valence-corrected chi connectivity index (χ0v) is 12.3. The van der Waals surface area contributed by atoms with Gasteiger partial charge < -0.3 is 14.8 Å². The summed E-state index contributed by atoms with van der Waals surface area (Å²) < 4.78 is 13.5. The number of rotatable bonds is 7. The van der Waals surface area contributed by atoms with E-state index in [1.54, 1.807) is 20.4 Å². The van der Waals surface area contributed by atoms with E-state index in [4.69, 9.17) is 9.47 Å². The molecule has 0 fully saturated rings. The summed E-state index contributed by atoms with van der Waals surface area (Å²) in [5.74, 6) is 0. The minimum Gasteiger partial charge on any atom is -0.354 e. The van der Waals surface area contributed by atoms with Gasteiger partial charge in [0.1, 0.15) is 6.04 Å². The van der Waals surface area contributed by atoms with E-state index in [1.165, 1.54) is 0 Å². The van der Waals surface area contributed by atoms with Gasteiger partial charge in [-0.1, -0.05) is 6.92 Å². The first-order chi connectivity index (χ1) is 8.15. The molecule has 0 spiro atoms. The normalized spacial score (nSPS) is 13.3. The number of halogens is 1. The molecule has 0 saturated carbocycles. The van der Waals surface area contributed by atoms with Gasteiger partial charge in [-0.3, -0.25) is 4.68 Å². The third-order valence-electron chi connectivity index (χ3n) is 2.58. The number of ether oxygens (including phenoxy) is 2. The summed E-state index contributed by atoms with van der Waals surface area (Å²) in [7, 11) is 5.18. The molecule has 1 N–H and O–H groups in total. The molecule has 0 saturated heterocycles. The lowest BCUT2D eigenvalue weighted by molar-refractivity contribution is -0.125. The van der Waals surface area contributed by atoms with Gasteiger partial charge in [0.25, 0.3) is 0 Å². The van der Waals surface area contributed by atoms with E-state index in [0.717, 1.165) is 23.1 Å². The van der Waals surface area contributed by atoms with E-state index in [-0.39, 0.29) is 12.3 Å². The first-order valence-electron chi connectivity index (χ1n) is 5.62. The van der Waals surface area contributed by atoms with Gasteiger partial charge in [0, 0.05) is 21.3 Å². The van der Waals surface area contributed by atoms with Crippen LogP contribution in [0.5, 0.6) is 0 Å². The van der Waals surface area contributed by atoms with Crippen molar-refractivity contribution < 1.29 is 9.47 Å². The molecular formula is C11H20BrN3O2. The van der Waals surface area contributed by atoms with E-state index in [0.29, 0.717) is 0 Å². The van der Waals surface area contributed by atoms with E-state index in [1.807, 2.05) is 11.7 Å². The van der Waals surface area contributed by atoms with Gasteiger partial charge >= 0.3 is 0 Å². The van der Waals surface area contributed by atoms with Gasteiger partial charge in [0.2, 0.25) is 0 Å². The van der Waals surface area contributed by atoms with Crippen molar-refractivity contribution in [2.24, 2.45) is 7.05 Å². The highest BCUT2D eigenvalue weighted by Crippen LogP contribution is 2.26. The standard InChI is InChI=1S/C11H20BrN3O2/c1-5-6-13-9(11(16-3)17-4)10-8(12)7-14-15(10)2/h7,9,11,13H,5-6H2,1-4H3. The molecule has 1 unspecified atom stereocenters. The first kappa shape index (κ1) is 14.6. The summed E-state index contributed by atoms with van der Waals surface area (Å²) in [5, 5.41) is 7.63. The van der Waals surface area contributed by atoms with Crippen molar-refractivity contribution in [3.8, 4) is 0 Å². The number of hydrogen-bond acceptors (Lipinski definition) is 4. The zero-order chi connectivity index (χ0) is 12.8. The predicted octanol–water partition coefficient (Wildman–Crippen LogP) is 1.84. The number of aromatic nitrogens is 2. The Kier molecular flexibility index (Phi) is 6.11. The van der Waals surface area contributed by atoms with Crippen molar-refractivity contribution in [3.63, 3.8) is 0 Å². The third-order valence-corrected chi connectivity index (χ3v) is 3.19. The Bertz CT molecular complexity index is 320. The highest BCUT2D eigenvalue weighted by molar-refractivity contribution is 9.10. The number of aryl methyl sites for hydroxylation is 1. The van der Waals surface area contributed by atoms with E-state index >= 15 is 0 Å². The summed E-state index contributed by atoms with van der Waals surface area (Å²) >= 11 is 3.50. The summed E-state index contributed by atoms with van der Waals surface area (Å²) in [6.07, 6.45) is 2.48. The molecule has 0 bridgehead atoms. The molecule has 6 heteroatoms. The highest BCUT2D eigenvalue weighted by atomic mass is 79.9. The van der Waals surface area contributed by atoms with E-state index in [9.17, 15) is 0 Å². The van der Waals surface area contributed by atoms with Gasteiger partial charge in [-0.2, -0.15) is 5.10 Å². The van der Waals surface area contributed by atoms with E-state index in [2.05, 4.69) is 33.3 Å². The topological polar surface area (TPSA) is 48.3 Å². The Morgan fingerprint density at radius 3 is 2.53 bits per heavy atom. The van der Waals surface area contributed by atoms with Gasteiger partial charge in [0.05, 0.1) is 16.4 Å². The van der Waals surface area contributed by atoms with Crippen molar-refractivity contribution in [2.45, 2.75) is 25.7 Å². The van der Waals surface area contributed by atoms with Crippen molar-refractivity contribution in [1.82, 2.24) is 15.1 Å². The van der Waals surface area contributed by atoms with Crippen LogP contribution in [0.3, 0.4) is 0 Å². The number of methoxy groups -OCH3 is 2. The summed E-state index contributed by atoms with van der Waals surface area (Å²) in [6.45, 7) is 3.02. The SMILES string of the molecule is CCCNC(c1c(Br)cnn1C)C(OC)OC. The molecule has 0 aliphatic carbocycles. The Hall–Kier alpha value is -0.430. The lowest BCUT2D eigenvalue weighted by atomic mass is 10.2. The Morgan fingerprint density at radius 2 is 2.12 bits per heavy atom. The summed E-state index contributed by atoms with van der Waals surface area (Å²) in [6, 6.07) is -0.0492. The maximum absolute atomic E-state index is 5.35. The van der Waals surface area contributed by atoms with Gasteiger partial charge in [-0.25, -0.2) is 0 Å². The lowest BCUT2D eigenvalue weighted by Crippen LogP contribution is -2.36. The number of hydrogen-bond donors (Lipinski definition) is 1. The van der Waals surface area contributed by atoms with Crippen LogP contribution in [0.2, 0.25) is 0 Å². The average Bonchev–Trinajstić information content (AvgIpc) is 2.65. The summed E-state index contributed by atoms with van der Waals surface area (Å²) in [5.41, 5.74) is 1.02. The van der Waals surface area contributed by atoms with Crippen LogP contribution in [0.25, 0.3) is 0 Å². The monoisotopic (exact) mass is 305 g/mol. The Balaban J connectivity index is 2.96. The molecular weight excluding hydrogens is 286 g/mol. The lowest BCUT2D eigenvalue weighted by Gasteiger charge is -2.26. The van der Waals surface area contributed by atoms with Crippen LogP contribution in [0.4, 0.5) is 0 Å². The first-order valence-corrected chi connectivity index (χ1v) is 6.41. The van der Waals surface area contributed by atoms with Crippen LogP contribution in [0.15, 0.2) is 10.7 Å². The van der Waals surface area contributed by atoms with Crippen LogP contribution in [-0.4, -0.2) is 36.8 Å². The van der Waals surface area contributed by atoms with Crippen molar-refractivity contribution in [1.29, 1.82) is 0 Å². The minimum absolute atomic E-state index is 0.0492. The average molecular weight is 306 g/mol. The predicted molar refractivity (Wildman–Crippen MR) is 69.7 cm³/mol. The molecule has 1 aromatic rings. The van der Waals surface area contributed by atoms with Crippen molar-refractivity contribution >= 4 is 15.9 Å². The van der Waals surface area contributed by atoms with Crippen molar-refractivity contribution in [3.05, 3.63) is 16.4 Å². The molecule has 17 heavy (non-hydrogen) atoms. The number of nitrogens with zero attached hydrogens (tertiary/aromatic N) is 2. The second-order valence-electron chi connectivity index (χ2n) is 3.77. The molecule has 0 radical (unpaired) electrons. The van der Waals surface area contributed by atoms with Crippen LogP contribution >= 0.6 is 15.9 Å². The fourth-order valence-electron chi connectivity index (χ4n) is 1.76. The van der Waals surface area contributed by atoms with Crippen molar-refractivity contribution in [2.75, 3.05) is 20.8 Å². The third kappa shape index (κ3) is 3.51. The molecule has 0 aromatic carbocycles. The molecule has 98 valence electrons. The van der Waals surface area contributed by atoms with Gasteiger partial charge in [-0.05, 0) is 28.9 Å².